The van der Waals surface area contributed by atoms with Crippen LogP contribution in [-0.4, -0.2) is 34.1 Å². The molecule has 0 N–H and O–H groups in total. The number of halogens is 2. The van der Waals surface area contributed by atoms with Gasteiger partial charge in [-0.25, -0.2) is 0 Å². The van der Waals surface area contributed by atoms with Crippen molar-refractivity contribution in [1.82, 2.24) is 0 Å². The Kier molecular flexibility index (Phi) is 7.17. The highest BCUT2D eigenvalue weighted by molar-refractivity contribution is 7.52. The zero-order chi connectivity index (χ0) is 10.2. The van der Waals surface area contributed by atoms with Crippen molar-refractivity contribution < 1.29 is 9.47 Å². The third kappa shape index (κ3) is 8.17. The van der Waals surface area contributed by atoms with E-state index in [1.54, 1.807) is 14.2 Å². The van der Waals surface area contributed by atoms with Gasteiger partial charge in [0.05, 0.1) is 0 Å². The normalized spacial score (nSPS) is 9.54. The number of hydrogen-bond acceptors (Lipinski definition) is 2. The molecule has 0 unspecified atom stereocenters. The van der Waals surface area contributed by atoms with Crippen molar-refractivity contribution in [2.45, 2.75) is 0 Å². The summed E-state index contributed by atoms with van der Waals surface area (Å²) in [4.78, 5) is 0. The molecule has 0 aromatic carbocycles. The van der Waals surface area contributed by atoms with Gasteiger partial charge in [-0.05, 0) is 0 Å². The standard InChI is InChI=1S/C8H10Cl2O2Si/c1-11-5-3-7-13(9,10)8-4-6-12-2/h5-6H2,1-2H3. The average molecular weight is 237 g/mol. The highest BCUT2D eigenvalue weighted by atomic mass is 35.7. The molecule has 0 saturated heterocycles. The SMILES string of the molecule is COCC#C[Si](Cl)(Cl)C#CCOC. The lowest BCUT2D eigenvalue weighted by atomic mass is 10.8. The van der Waals surface area contributed by atoms with E-state index in [1.165, 1.54) is 0 Å². The Balaban J connectivity index is 4.11. The monoisotopic (exact) mass is 236 g/mol. The van der Waals surface area contributed by atoms with Gasteiger partial charge in [0.1, 0.15) is 13.2 Å². The Morgan fingerprint density at radius 2 is 1.38 bits per heavy atom. The molecule has 0 aliphatic heterocycles. The fourth-order valence-electron chi connectivity index (χ4n) is 0.470. The summed E-state index contributed by atoms with van der Waals surface area (Å²) in [5.41, 5.74) is 5.37. The molecule has 0 radical (unpaired) electrons. The fourth-order valence-corrected chi connectivity index (χ4v) is 1.92. The lowest BCUT2D eigenvalue weighted by Gasteiger charge is -1.96. The van der Waals surface area contributed by atoms with Crippen molar-refractivity contribution in [1.29, 1.82) is 0 Å². The van der Waals surface area contributed by atoms with E-state index in [1.807, 2.05) is 0 Å². The first-order chi connectivity index (χ1) is 6.12. The Morgan fingerprint density at radius 1 is 1.00 bits per heavy atom. The van der Waals surface area contributed by atoms with Crippen LogP contribution in [0, 0.1) is 22.9 Å². The number of ether oxygens (including phenoxy) is 2. The van der Waals surface area contributed by atoms with Gasteiger partial charge in [-0.1, -0.05) is 22.9 Å². The second-order valence-corrected chi connectivity index (χ2v) is 7.67. The van der Waals surface area contributed by atoms with Gasteiger partial charge in [0.15, 0.2) is 0 Å². The van der Waals surface area contributed by atoms with Crippen molar-refractivity contribution in [3.8, 4) is 22.9 Å². The summed E-state index contributed by atoms with van der Waals surface area (Å²) in [6.07, 6.45) is 0. The van der Waals surface area contributed by atoms with E-state index in [0.29, 0.717) is 13.2 Å². The van der Waals surface area contributed by atoms with Crippen molar-refractivity contribution in [3.63, 3.8) is 0 Å². The minimum absolute atomic E-state index is 0.320. The third-order valence-corrected chi connectivity index (χ3v) is 3.04. The fraction of sp³-hybridized carbons (Fsp3) is 0.500. The average Bonchev–Trinajstić information content (AvgIpc) is 2.05. The molecule has 0 spiro atoms. The van der Waals surface area contributed by atoms with Crippen molar-refractivity contribution in [2.24, 2.45) is 0 Å². The number of rotatable bonds is 2. The molecule has 2 nitrogen and oxygen atoms in total. The largest absolute Gasteiger partial charge is 0.404 e. The topological polar surface area (TPSA) is 18.5 Å². The molecular formula is C8H10Cl2O2Si. The Labute approximate surface area is 88.9 Å². The quantitative estimate of drug-likeness (QED) is 0.409. The van der Waals surface area contributed by atoms with Crippen LogP contribution < -0.4 is 0 Å². The van der Waals surface area contributed by atoms with Crippen LogP contribution in [0.1, 0.15) is 0 Å². The molecule has 0 aliphatic rings. The molecule has 0 heterocycles. The van der Waals surface area contributed by atoms with E-state index in [0.717, 1.165) is 0 Å². The summed E-state index contributed by atoms with van der Waals surface area (Å²) >= 11 is 11.7. The van der Waals surface area contributed by atoms with Gasteiger partial charge in [0.25, 0.3) is 0 Å². The summed E-state index contributed by atoms with van der Waals surface area (Å²) in [7, 11) is 3.11. The highest BCUT2D eigenvalue weighted by Crippen LogP contribution is 2.10. The molecule has 0 amide bonds. The molecule has 0 saturated carbocycles. The first-order valence-electron chi connectivity index (χ1n) is 3.48. The van der Waals surface area contributed by atoms with Gasteiger partial charge in [-0.15, -0.1) is 22.2 Å². The van der Waals surface area contributed by atoms with E-state index in [4.69, 9.17) is 31.6 Å². The summed E-state index contributed by atoms with van der Waals surface area (Å²) in [5.74, 6) is 5.37. The van der Waals surface area contributed by atoms with Crippen LogP contribution in [-0.2, 0) is 9.47 Å². The van der Waals surface area contributed by atoms with Gasteiger partial charge < -0.3 is 9.47 Å². The third-order valence-electron chi connectivity index (χ3n) is 0.924. The van der Waals surface area contributed by atoms with Crippen LogP contribution in [0.2, 0.25) is 0 Å². The van der Waals surface area contributed by atoms with Crippen LogP contribution >= 0.6 is 22.2 Å². The summed E-state index contributed by atoms with van der Waals surface area (Å²) in [6.45, 7) is -2.08. The smallest absolute Gasteiger partial charge is 0.372 e. The molecule has 0 aromatic rings. The molecule has 0 atom stereocenters. The minimum atomic E-state index is -2.72. The first-order valence-corrected chi connectivity index (χ1v) is 7.50. The van der Waals surface area contributed by atoms with Gasteiger partial charge in [-0.3, -0.25) is 0 Å². The van der Waals surface area contributed by atoms with Crippen LogP contribution in [0.25, 0.3) is 0 Å². The maximum Gasteiger partial charge on any atom is 0.404 e. The molecule has 72 valence electrons. The molecule has 13 heavy (non-hydrogen) atoms. The summed E-state index contributed by atoms with van der Waals surface area (Å²) < 4.78 is 9.44. The lowest BCUT2D eigenvalue weighted by Crippen LogP contribution is -2.14. The molecular weight excluding hydrogens is 227 g/mol. The molecule has 0 fully saturated rings. The summed E-state index contributed by atoms with van der Waals surface area (Å²) in [6, 6.07) is 0. The van der Waals surface area contributed by atoms with Crippen molar-refractivity contribution in [2.75, 3.05) is 27.4 Å². The Hall–Kier alpha value is -0.163. The molecule has 0 aliphatic carbocycles. The van der Waals surface area contributed by atoms with Crippen LogP contribution in [0.15, 0.2) is 0 Å². The van der Waals surface area contributed by atoms with Crippen molar-refractivity contribution >= 4 is 28.9 Å². The van der Waals surface area contributed by atoms with Gasteiger partial charge in [0.2, 0.25) is 0 Å². The summed E-state index contributed by atoms with van der Waals surface area (Å²) in [5, 5.41) is 0. The van der Waals surface area contributed by atoms with Crippen LogP contribution in [0.5, 0.6) is 0 Å². The molecule has 0 bridgehead atoms. The van der Waals surface area contributed by atoms with Crippen LogP contribution in [0.3, 0.4) is 0 Å². The van der Waals surface area contributed by atoms with Gasteiger partial charge in [0, 0.05) is 14.2 Å². The van der Waals surface area contributed by atoms with Gasteiger partial charge >= 0.3 is 6.69 Å². The molecule has 0 rings (SSSR count). The first kappa shape index (κ1) is 12.8. The Morgan fingerprint density at radius 3 is 1.69 bits per heavy atom. The van der Waals surface area contributed by atoms with Gasteiger partial charge in [-0.2, -0.15) is 0 Å². The number of methoxy groups -OCH3 is 2. The van der Waals surface area contributed by atoms with Crippen molar-refractivity contribution in [3.05, 3.63) is 0 Å². The van der Waals surface area contributed by atoms with E-state index < -0.39 is 6.69 Å². The second kappa shape index (κ2) is 7.26. The highest BCUT2D eigenvalue weighted by Gasteiger charge is 2.22. The van der Waals surface area contributed by atoms with E-state index >= 15 is 0 Å². The lowest BCUT2D eigenvalue weighted by molar-refractivity contribution is 0.240. The maximum absolute atomic E-state index is 5.85. The molecule has 5 heteroatoms. The van der Waals surface area contributed by atoms with E-state index in [9.17, 15) is 0 Å². The van der Waals surface area contributed by atoms with E-state index in [2.05, 4.69) is 22.9 Å². The predicted octanol–water partition coefficient (Wildman–Crippen LogP) is 1.28. The molecule has 0 aromatic heterocycles. The minimum Gasteiger partial charge on any atom is -0.372 e. The maximum atomic E-state index is 5.85. The van der Waals surface area contributed by atoms with E-state index in [-0.39, 0.29) is 0 Å². The predicted molar refractivity (Wildman–Crippen MR) is 56.8 cm³/mol. The van der Waals surface area contributed by atoms with Crippen LogP contribution in [0.4, 0.5) is 0 Å². The number of hydrogen-bond donors (Lipinski definition) is 0. The zero-order valence-electron chi connectivity index (χ0n) is 7.49. The zero-order valence-corrected chi connectivity index (χ0v) is 10.00. The Bertz CT molecular complexity index is 231. The second-order valence-electron chi connectivity index (χ2n) is 2.04.